The minimum atomic E-state index is 0.277. The molecular formula is C14H28O. The van der Waals surface area contributed by atoms with Crippen LogP contribution >= 0.6 is 0 Å². The number of ketones is 1. The number of rotatable bonds is 8. The lowest BCUT2D eigenvalue weighted by Gasteiger charge is -2.12. The van der Waals surface area contributed by atoms with Gasteiger partial charge in [-0.2, -0.15) is 0 Å². The lowest BCUT2D eigenvalue weighted by molar-refractivity contribution is -0.122. The Labute approximate surface area is 95.6 Å². The fourth-order valence-corrected chi connectivity index (χ4v) is 1.68. The Morgan fingerprint density at radius 3 is 1.87 bits per heavy atom. The molecule has 0 spiro atoms. The summed E-state index contributed by atoms with van der Waals surface area (Å²) in [6, 6.07) is 0. The van der Waals surface area contributed by atoms with Crippen LogP contribution in [0.3, 0.4) is 0 Å². The highest BCUT2D eigenvalue weighted by atomic mass is 16.1. The highest BCUT2D eigenvalue weighted by Gasteiger charge is 2.12. The van der Waals surface area contributed by atoms with Crippen molar-refractivity contribution in [1.29, 1.82) is 0 Å². The topological polar surface area (TPSA) is 17.1 Å². The van der Waals surface area contributed by atoms with Crippen LogP contribution in [0.4, 0.5) is 0 Å². The molecule has 90 valence electrons. The molecule has 0 bridgehead atoms. The Kier molecular flexibility index (Phi) is 7.72. The Morgan fingerprint density at radius 1 is 0.867 bits per heavy atom. The Bertz CT molecular complexity index is 170. The van der Waals surface area contributed by atoms with Crippen LogP contribution in [-0.2, 0) is 4.79 Å². The molecule has 0 aromatic carbocycles. The zero-order chi connectivity index (χ0) is 11.8. The van der Waals surface area contributed by atoms with Crippen molar-refractivity contribution in [1.82, 2.24) is 0 Å². The highest BCUT2D eigenvalue weighted by Crippen LogP contribution is 2.16. The first-order valence-electron chi connectivity index (χ1n) is 6.46. The Morgan fingerprint density at radius 2 is 1.40 bits per heavy atom. The molecule has 0 saturated carbocycles. The van der Waals surface area contributed by atoms with E-state index in [2.05, 4.69) is 34.6 Å². The van der Waals surface area contributed by atoms with Crippen LogP contribution in [0.1, 0.15) is 66.7 Å². The maximum Gasteiger partial charge on any atom is 0.135 e. The van der Waals surface area contributed by atoms with Gasteiger partial charge in [0.1, 0.15) is 5.78 Å². The van der Waals surface area contributed by atoms with Gasteiger partial charge in [0.05, 0.1) is 0 Å². The maximum absolute atomic E-state index is 11.7. The van der Waals surface area contributed by atoms with Crippen molar-refractivity contribution in [3.8, 4) is 0 Å². The van der Waals surface area contributed by atoms with Gasteiger partial charge in [-0.1, -0.05) is 47.5 Å². The molecule has 0 aliphatic heterocycles. The van der Waals surface area contributed by atoms with Gasteiger partial charge in [0.25, 0.3) is 0 Å². The van der Waals surface area contributed by atoms with E-state index < -0.39 is 0 Å². The SMILES string of the molecule is CC(C)CCCC(=O)[C@H](C)CCC(C)C. The van der Waals surface area contributed by atoms with Gasteiger partial charge in [0, 0.05) is 12.3 Å². The first-order chi connectivity index (χ1) is 6.93. The summed E-state index contributed by atoms with van der Waals surface area (Å²) < 4.78 is 0. The second-order valence-electron chi connectivity index (χ2n) is 5.62. The average molecular weight is 212 g/mol. The van der Waals surface area contributed by atoms with Crippen LogP contribution in [0, 0.1) is 17.8 Å². The van der Waals surface area contributed by atoms with E-state index in [4.69, 9.17) is 0 Å². The van der Waals surface area contributed by atoms with Gasteiger partial charge in [0.2, 0.25) is 0 Å². The van der Waals surface area contributed by atoms with Gasteiger partial charge in [-0.3, -0.25) is 4.79 Å². The molecular weight excluding hydrogens is 184 g/mol. The second kappa shape index (κ2) is 7.90. The average Bonchev–Trinajstić information content (AvgIpc) is 2.13. The third-order valence-electron chi connectivity index (χ3n) is 2.93. The lowest BCUT2D eigenvalue weighted by atomic mass is 9.92. The molecule has 0 amide bonds. The molecule has 0 heterocycles. The van der Waals surface area contributed by atoms with Gasteiger partial charge >= 0.3 is 0 Å². The minimum absolute atomic E-state index is 0.277. The molecule has 0 saturated heterocycles. The van der Waals surface area contributed by atoms with Crippen molar-refractivity contribution in [3.63, 3.8) is 0 Å². The first kappa shape index (κ1) is 14.7. The van der Waals surface area contributed by atoms with Crippen LogP contribution in [-0.4, -0.2) is 5.78 Å². The third-order valence-corrected chi connectivity index (χ3v) is 2.93. The van der Waals surface area contributed by atoms with E-state index in [0.29, 0.717) is 5.78 Å². The summed E-state index contributed by atoms with van der Waals surface area (Å²) in [5, 5.41) is 0. The normalized spacial score (nSPS) is 13.5. The van der Waals surface area contributed by atoms with Crippen LogP contribution < -0.4 is 0 Å². The van der Waals surface area contributed by atoms with Gasteiger partial charge in [-0.05, 0) is 24.7 Å². The summed E-state index contributed by atoms with van der Waals surface area (Å²) >= 11 is 0. The molecule has 1 nitrogen and oxygen atoms in total. The molecule has 0 aromatic rings. The van der Waals surface area contributed by atoms with E-state index in [0.717, 1.165) is 31.1 Å². The van der Waals surface area contributed by atoms with Crippen molar-refractivity contribution in [2.75, 3.05) is 0 Å². The van der Waals surface area contributed by atoms with Crippen molar-refractivity contribution in [2.45, 2.75) is 66.7 Å². The molecule has 0 aliphatic carbocycles. The van der Waals surface area contributed by atoms with E-state index in [1.807, 2.05) is 0 Å². The van der Waals surface area contributed by atoms with Gasteiger partial charge in [0.15, 0.2) is 0 Å². The summed E-state index contributed by atoms with van der Waals surface area (Å²) in [5.41, 5.74) is 0. The van der Waals surface area contributed by atoms with Gasteiger partial charge in [-0.25, -0.2) is 0 Å². The van der Waals surface area contributed by atoms with Crippen LogP contribution in [0.15, 0.2) is 0 Å². The van der Waals surface area contributed by atoms with E-state index in [1.165, 1.54) is 12.8 Å². The minimum Gasteiger partial charge on any atom is -0.299 e. The van der Waals surface area contributed by atoms with Gasteiger partial charge in [-0.15, -0.1) is 0 Å². The van der Waals surface area contributed by atoms with Crippen LogP contribution in [0.5, 0.6) is 0 Å². The fourth-order valence-electron chi connectivity index (χ4n) is 1.68. The molecule has 0 rings (SSSR count). The number of hydrogen-bond donors (Lipinski definition) is 0. The molecule has 0 aliphatic rings. The molecule has 1 atom stereocenters. The first-order valence-corrected chi connectivity index (χ1v) is 6.46. The predicted molar refractivity (Wildman–Crippen MR) is 66.9 cm³/mol. The summed E-state index contributed by atoms with van der Waals surface area (Å²) in [4.78, 5) is 11.7. The molecule has 0 aromatic heterocycles. The summed E-state index contributed by atoms with van der Waals surface area (Å²) in [6.45, 7) is 10.9. The third kappa shape index (κ3) is 8.65. The van der Waals surface area contributed by atoms with Crippen LogP contribution in [0.25, 0.3) is 0 Å². The van der Waals surface area contributed by atoms with Crippen molar-refractivity contribution in [2.24, 2.45) is 17.8 Å². The fraction of sp³-hybridized carbons (Fsp3) is 0.929. The summed E-state index contributed by atoms with van der Waals surface area (Å²) in [7, 11) is 0. The van der Waals surface area contributed by atoms with Crippen molar-refractivity contribution in [3.05, 3.63) is 0 Å². The largest absolute Gasteiger partial charge is 0.299 e. The number of hydrogen-bond acceptors (Lipinski definition) is 1. The van der Waals surface area contributed by atoms with E-state index in [-0.39, 0.29) is 5.92 Å². The second-order valence-corrected chi connectivity index (χ2v) is 5.62. The molecule has 0 fully saturated rings. The monoisotopic (exact) mass is 212 g/mol. The number of Topliss-reactive ketones (excluding diaryl/α,β-unsaturated/α-hetero) is 1. The van der Waals surface area contributed by atoms with Crippen LogP contribution in [0.2, 0.25) is 0 Å². The van der Waals surface area contributed by atoms with E-state index >= 15 is 0 Å². The predicted octanol–water partition coefficient (Wildman–Crippen LogP) is 4.45. The maximum atomic E-state index is 11.7. The number of carbonyl (C=O) groups excluding carboxylic acids is 1. The number of carbonyl (C=O) groups is 1. The van der Waals surface area contributed by atoms with E-state index in [9.17, 15) is 4.79 Å². The van der Waals surface area contributed by atoms with Crippen molar-refractivity contribution < 1.29 is 4.79 Å². The Balaban J connectivity index is 3.60. The van der Waals surface area contributed by atoms with Crippen molar-refractivity contribution >= 4 is 5.78 Å². The Hall–Kier alpha value is -0.330. The summed E-state index contributed by atoms with van der Waals surface area (Å²) in [5.74, 6) is 2.19. The van der Waals surface area contributed by atoms with Gasteiger partial charge < -0.3 is 0 Å². The quantitative estimate of drug-likeness (QED) is 0.581. The highest BCUT2D eigenvalue weighted by molar-refractivity contribution is 5.80. The zero-order valence-corrected chi connectivity index (χ0v) is 11.2. The molecule has 0 unspecified atom stereocenters. The lowest BCUT2D eigenvalue weighted by Crippen LogP contribution is -2.11. The smallest absolute Gasteiger partial charge is 0.135 e. The molecule has 1 heteroatoms. The van der Waals surface area contributed by atoms with E-state index in [1.54, 1.807) is 0 Å². The molecule has 15 heavy (non-hydrogen) atoms. The standard InChI is InChI=1S/C14H28O/c1-11(2)7-6-8-14(15)13(5)10-9-12(3)4/h11-13H,6-10H2,1-5H3/t13-/m1/s1. The zero-order valence-electron chi connectivity index (χ0n) is 11.2. The molecule has 0 N–H and O–H groups in total. The summed E-state index contributed by atoms with van der Waals surface area (Å²) in [6.07, 6.45) is 5.29. The molecule has 0 radical (unpaired) electrons.